The van der Waals surface area contributed by atoms with E-state index in [0.717, 1.165) is 12.5 Å². The number of nitrogens with two attached hydrogens (primary N) is 1. The molecule has 0 rings (SSSR count). The van der Waals surface area contributed by atoms with Gasteiger partial charge in [-0.2, -0.15) is 11.8 Å². The Morgan fingerprint density at radius 2 is 2.18 bits per heavy atom. The molecule has 0 aromatic carbocycles. The molecule has 0 heterocycles. The third-order valence-corrected chi connectivity index (χ3v) is 3.06. The van der Waals surface area contributed by atoms with Gasteiger partial charge in [0.2, 0.25) is 0 Å². The van der Waals surface area contributed by atoms with E-state index in [-0.39, 0.29) is 0 Å². The van der Waals surface area contributed by atoms with Crippen LogP contribution in [0.4, 0.5) is 0 Å². The van der Waals surface area contributed by atoms with Crippen molar-refractivity contribution < 1.29 is 0 Å². The van der Waals surface area contributed by atoms with Crippen LogP contribution in [0.15, 0.2) is 0 Å². The Labute approximate surface area is 75.1 Å². The van der Waals surface area contributed by atoms with Crippen molar-refractivity contribution in [3.63, 3.8) is 0 Å². The molecule has 0 amide bonds. The van der Waals surface area contributed by atoms with Crippen molar-refractivity contribution in [1.29, 1.82) is 0 Å². The third kappa shape index (κ3) is 8.21. The van der Waals surface area contributed by atoms with Crippen LogP contribution >= 0.6 is 11.8 Å². The standard InChI is InChI=1S/C9H21NS/c1-3-5-9(2)8-11-7-4-6-10/h9H,3-8,10H2,1-2H3. The summed E-state index contributed by atoms with van der Waals surface area (Å²) in [5.74, 6) is 3.45. The van der Waals surface area contributed by atoms with E-state index in [0.29, 0.717) is 0 Å². The Bertz CT molecular complexity index is 76.0. The lowest BCUT2D eigenvalue weighted by Crippen LogP contribution is -2.02. The zero-order valence-electron chi connectivity index (χ0n) is 7.81. The van der Waals surface area contributed by atoms with Crippen LogP contribution in [0.25, 0.3) is 0 Å². The van der Waals surface area contributed by atoms with E-state index in [9.17, 15) is 0 Å². The zero-order valence-corrected chi connectivity index (χ0v) is 8.62. The Morgan fingerprint density at radius 3 is 2.73 bits per heavy atom. The van der Waals surface area contributed by atoms with E-state index in [1.165, 1.54) is 30.8 Å². The van der Waals surface area contributed by atoms with Crippen LogP contribution < -0.4 is 5.73 Å². The van der Waals surface area contributed by atoms with E-state index in [1.54, 1.807) is 0 Å². The second kappa shape index (κ2) is 8.41. The van der Waals surface area contributed by atoms with Crippen molar-refractivity contribution in [2.24, 2.45) is 11.7 Å². The largest absolute Gasteiger partial charge is 0.330 e. The topological polar surface area (TPSA) is 26.0 Å². The van der Waals surface area contributed by atoms with Crippen molar-refractivity contribution in [2.45, 2.75) is 33.1 Å². The first kappa shape index (κ1) is 11.3. The van der Waals surface area contributed by atoms with E-state index in [2.05, 4.69) is 13.8 Å². The molecule has 0 aliphatic rings. The highest BCUT2D eigenvalue weighted by atomic mass is 32.2. The Hall–Kier alpha value is 0.310. The second-order valence-electron chi connectivity index (χ2n) is 3.11. The lowest BCUT2D eigenvalue weighted by molar-refractivity contribution is 0.585. The molecular formula is C9H21NS. The molecule has 1 unspecified atom stereocenters. The number of thioether (sulfide) groups is 1. The number of hydrogen-bond acceptors (Lipinski definition) is 2. The summed E-state index contributed by atoms with van der Waals surface area (Å²) in [6.45, 7) is 5.43. The summed E-state index contributed by atoms with van der Waals surface area (Å²) >= 11 is 2.05. The summed E-state index contributed by atoms with van der Waals surface area (Å²) in [7, 11) is 0. The molecule has 0 saturated heterocycles. The molecule has 68 valence electrons. The summed E-state index contributed by atoms with van der Waals surface area (Å²) in [4.78, 5) is 0. The van der Waals surface area contributed by atoms with E-state index < -0.39 is 0 Å². The van der Waals surface area contributed by atoms with Gasteiger partial charge in [0, 0.05) is 0 Å². The summed E-state index contributed by atoms with van der Waals surface area (Å²) in [5, 5.41) is 0. The number of hydrogen-bond donors (Lipinski definition) is 1. The molecule has 2 heteroatoms. The second-order valence-corrected chi connectivity index (χ2v) is 4.26. The van der Waals surface area contributed by atoms with Gasteiger partial charge in [-0.3, -0.25) is 0 Å². The molecule has 1 atom stereocenters. The minimum absolute atomic E-state index is 0.842. The monoisotopic (exact) mass is 175 g/mol. The predicted molar refractivity (Wildman–Crippen MR) is 55.1 cm³/mol. The van der Waals surface area contributed by atoms with E-state index >= 15 is 0 Å². The summed E-state index contributed by atoms with van der Waals surface area (Å²) in [6, 6.07) is 0. The SMILES string of the molecule is CCCC(C)CSCCCN. The normalized spacial score (nSPS) is 13.4. The Morgan fingerprint density at radius 1 is 1.45 bits per heavy atom. The van der Waals surface area contributed by atoms with Crippen LogP contribution in [0.2, 0.25) is 0 Å². The molecule has 0 aromatic heterocycles. The average Bonchev–Trinajstić information content (AvgIpc) is 1.99. The molecule has 0 fully saturated rings. The minimum atomic E-state index is 0.842. The van der Waals surface area contributed by atoms with Crippen molar-refractivity contribution in [2.75, 3.05) is 18.1 Å². The van der Waals surface area contributed by atoms with Gasteiger partial charge in [-0.15, -0.1) is 0 Å². The fraction of sp³-hybridized carbons (Fsp3) is 1.00. The van der Waals surface area contributed by atoms with Crippen LogP contribution in [0, 0.1) is 5.92 Å². The quantitative estimate of drug-likeness (QED) is 0.602. The van der Waals surface area contributed by atoms with Gasteiger partial charge in [-0.25, -0.2) is 0 Å². The van der Waals surface area contributed by atoms with Crippen molar-refractivity contribution in [1.82, 2.24) is 0 Å². The van der Waals surface area contributed by atoms with Crippen molar-refractivity contribution in [3.8, 4) is 0 Å². The predicted octanol–water partition coefficient (Wildman–Crippen LogP) is 2.50. The molecular weight excluding hydrogens is 154 g/mol. The van der Waals surface area contributed by atoms with Crippen molar-refractivity contribution in [3.05, 3.63) is 0 Å². The van der Waals surface area contributed by atoms with Gasteiger partial charge < -0.3 is 5.73 Å². The first-order chi connectivity index (χ1) is 5.31. The van der Waals surface area contributed by atoms with Gasteiger partial charge in [0.25, 0.3) is 0 Å². The molecule has 0 aromatic rings. The van der Waals surface area contributed by atoms with E-state index in [1.807, 2.05) is 11.8 Å². The fourth-order valence-electron chi connectivity index (χ4n) is 1.05. The molecule has 0 radical (unpaired) electrons. The van der Waals surface area contributed by atoms with Crippen LogP contribution in [-0.2, 0) is 0 Å². The highest BCUT2D eigenvalue weighted by molar-refractivity contribution is 7.99. The maximum atomic E-state index is 5.39. The minimum Gasteiger partial charge on any atom is -0.330 e. The Balaban J connectivity index is 2.97. The molecule has 0 aliphatic heterocycles. The van der Waals surface area contributed by atoms with Gasteiger partial charge >= 0.3 is 0 Å². The van der Waals surface area contributed by atoms with E-state index in [4.69, 9.17) is 5.73 Å². The summed E-state index contributed by atoms with van der Waals surface area (Å²) in [5.41, 5.74) is 5.39. The summed E-state index contributed by atoms with van der Waals surface area (Å²) in [6.07, 6.45) is 3.86. The zero-order chi connectivity index (χ0) is 8.53. The van der Waals surface area contributed by atoms with Gasteiger partial charge in [-0.1, -0.05) is 26.7 Å². The first-order valence-corrected chi connectivity index (χ1v) is 5.74. The fourth-order valence-corrected chi connectivity index (χ4v) is 2.15. The number of rotatable bonds is 7. The highest BCUT2D eigenvalue weighted by Crippen LogP contribution is 2.13. The molecule has 1 nitrogen and oxygen atoms in total. The third-order valence-electron chi connectivity index (χ3n) is 1.68. The van der Waals surface area contributed by atoms with Crippen LogP contribution in [-0.4, -0.2) is 18.1 Å². The Kier molecular flexibility index (Phi) is 8.64. The molecule has 0 aliphatic carbocycles. The van der Waals surface area contributed by atoms with Crippen LogP contribution in [0.5, 0.6) is 0 Å². The van der Waals surface area contributed by atoms with Crippen LogP contribution in [0.3, 0.4) is 0 Å². The maximum absolute atomic E-state index is 5.39. The van der Waals surface area contributed by atoms with Gasteiger partial charge in [-0.05, 0) is 30.4 Å². The molecule has 2 N–H and O–H groups in total. The molecule has 0 bridgehead atoms. The molecule has 0 spiro atoms. The molecule has 0 saturated carbocycles. The molecule has 11 heavy (non-hydrogen) atoms. The van der Waals surface area contributed by atoms with Crippen LogP contribution in [0.1, 0.15) is 33.1 Å². The lowest BCUT2D eigenvalue weighted by Gasteiger charge is -2.08. The van der Waals surface area contributed by atoms with Gasteiger partial charge in [0.05, 0.1) is 0 Å². The van der Waals surface area contributed by atoms with Crippen molar-refractivity contribution >= 4 is 11.8 Å². The first-order valence-electron chi connectivity index (χ1n) is 4.59. The lowest BCUT2D eigenvalue weighted by atomic mass is 10.1. The van der Waals surface area contributed by atoms with Gasteiger partial charge in [0.15, 0.2) is 0 Å². The summed E-state index contributed by atoms with van der Waals surface area (Å²) < 4.78 is 0. The average molecular weight is 175 g/mol. The van der Waals surface area contributed by atoms with Gasteiger partial charge in [0.1, 0.15) is 0 Å². The highest BCUT2D eigenvalue weighted by Gasteiger charge is 1.99. The smallest absolute Gasteiger partial charge is 0.00418 e. The maximum Gasteiger partial charge on any atom is -0.00418 e.